The van der Waals surface area contributed by atoms with Crippen LogP contribution in [-0.2, 0) is 9.59 Å². The maximum atomic E-state index is 13.1. The molecule has 1 aliphatic rings. The molecule has 0 spiro atoms. The molecule has 0 saturated carbocycles. The average Bonchev–Trinajstić information content (AvgIpc) is 3.13. The zero-order chi connectivity index (χ0) is 26.5. The Balaban J connectivity index is 1.47. The number of nitrogens with zero attached hydrogens (tertiary/aromatic N) is 1. The van der Waals surface area contributed by atoms with E-state index in [0.717, 1.165) is 16.8 Å². The third-order valence-corrected chi connectivity index (χ3v) is 7.07. The SMILES string of the molecule is CCOc1cc(/C=C2\SC(=S)N(c3ccc(C)cc3)C2=O)ccc1OCC(=O)Nc1ccc(Cl)cc1Cl. The molecule has 1 saturated heterocycles. The fraction of sp³-hybridized carbons (Fsp3) is 0.148. The van der Waals surface area contributed by atoms with Crippen LogP contribution in [0.1, 0.15) is 18.1 Å². The number of aryl methyl sites for hydroxylation is 1. The molecule has 1 heterocycles. The summed E-state index contributed by atoms with van der Waals surface area (Å²) >= 11 is 18.7. The molecule has 37 heavy (non-hydrogen) atoms. The van der Waals surface area contributed by atoms with E-state index in [-0.39, 0.29) is 12.5 Å². The predicted octanol–water partition coefficient (Wildman–Crippen LogP) is 7.12. The third-order valence-electron chi connectivity index (χ3n) is 5.22. The number of anilines is 2. The van der Waals surface area contributed by atoms with Gasteiger partial charge in [0.25, 0.3) is 11.8 Å². The van der Waals surface area contributed by atoms with E-state index in [1.807, 2.05) is 38.1 Å². The monoisotopic (exact) mass is 572 g/mol. The van der Waals surface area contributed by atoms with Crippen LogP contribution in [0.5, 0.6) is 11.5 Å². The third kappa shape index (κ3) is 6.64. The van der Waals surface area contributed by atoms with Crippen LogP contribution in [0.2, 0.25) is 10.0 Å². The topological polar surface area (TPSA) is 67.9 Å². The molecule has 6 nitrogen and oxygen atoms in total. The van der Waals surface area contributed by atoms with Gasteiger partial charge in [-0.15, -0.1) is 0 Å². The Morgan fingerprint density at radius 2 is 1.81 bits per heavy atom. The van der Waals surface area contributed by atoms with Crippen molar-refractivity contribution in [1.82, 2.24) is 0 Å². The summed E-state index contributed by atoms with van der Waals surface area (Å²) in [6, 6.07) is 17.6. The molecule has 10 heteroatoms. The second-order valence-corrected chi connectivity index (χ2v) is 10.5. The Kier molecular flexibility index (Phi) is 8.76. The first kappa shape index (κ1) is 27.0. The van der Waals surface area contributed by atoms with Gasteiger partial charge in [-0.2, -0.15) is 0 Å². The van der Waals surface area contributed by atoms with Crippen molar-refractivity contribution in [3.05, 3.63) is 86.7 Å². The average molecular weight is 574 g/mol. The van der Waals surface area contributed by atoms with Crippen molar-refractivity contribution >= 4 is 80.8 Å². The van der Waals surface area contributed by atoms with Crippen LogP contribution in [-0.4, -0.2) is 29.3 Å². The predicted molar refractivity (Wildman–Crippen MR) is 155 cm³/mol. The van der Waals surface area contributed by atoms with Gasteiger partial charge in [0.1, 0.15) is 0 Å². The van der Waals surface area contributed by atoms with Crippen LogP contribution in [0.4, 0.5) is 11.4 Å². The molecule has 190 valence electrons. The maximum Gasteiger partial charge on any atom is 0.270 e. The van der Waals surface area contributed by atoms with Crippen molar-refractivity contribution in [3.63, 3.8) is 0 Å². The summed E-state index contributed by atoms with van der Waals surface area (Å²) in [5, 5.41) is 3.48. The molecule has 1 N–H and O–H groups in total. The normalized spacial score (nSPS) is 14.3. The lowest BCUT2D eigenvalue weighted by atomic mass is 10.1. The number of thioether (sulfide) groups is 1. The van der Waals surface area contributed by atoms with Gasteiger partial charge in [-0.1, -0.05) is 70.9 Å². The van der Waals surface area contributed by atoms with E-state index in [4.69, 9.17) is 44.9 Å². The fourth-order valence-electron chi connectivity index (χ4n) is 3.46. The van der Waals surface area contributed by atoms with E-state index < -0.39 is 5.91 Å². The zero-order valence-electron chi connectivity index (χ0n) is 19.9. The van der Waals surface area contributed by atoms with Crippen LogP contribution < -0.4 is 19.7 Å². The quantitative estimate of drug-likeness (QED) is 0.229. The molecule has 0 atom stereocenters. The Morgan fingerprint density at radius 1 is 1.05 bits per heavy atom. The molecule has 1 fully saturated rings. The first-order chi connectivity index (χ1) is 17.7. The molecule has 0 aliphatic carbocycles. The zero-order valence-corrected chi connectivity index (χ0v) is 23.1. The summed E-state index contributed by atoms with van der Waals surface area (Å²) in [4.78, 5) is 27.5. The molecular formula is C27H22Cl2N2O4S2. The molecule has 0 aromatic heterocycles. The highest BCUT2D eigenvalue weighted by Crippen LogP contribution is 2.37. The number of nitrogens with one attached hydrogen (secondary N) is 1. The van der Waals surface area contributed by atoms with Crippen LogP contribution in [0, 0.1) is 6.92 Å². The van der Waals surface area contributed by atoms with E-state index in [1.54, 1.807) is 42.5 Å². The molecule has 4 rings (SSSR count). The lowest BCUT2D eigenvalue weighted by Gasteiger charge is -2.14. The van der Waals surface area contributed by atoms with Gasteiger partial charge in [0, 0.05) is 5.02 Å². The standard InChI is InChI=1S/C27H22Cl2N2O4S2/c1-3-34-23-12-17(13-24-26(33)31(27(36)37-24)19-8-4-16(2)5-9-19)6-11-22(23)35-15-25(32)30-21-10-7-18(28)14-20(21)29/h4-14H,3,15H2,1-2H3,(H,30,32)/b24-13-. The molecule has 3 aromatic rings. The van der Waals surface area contributed by atoms with Gasteiger partial charge >= 0.3 is 0 Å². The number of hydrogen-bond acceptors (Lipinski definition) is 6. The number of ether oxygens (including phenoxy) is 2. The molecule has 0 radical (unpaired) electrons. The van der Waals surface area contributed by atoms with E-state index >= 15 is 0 Å². The highest BCUT2D eigenvalue weighted by molar-refractivity contribution is 8.27. The first-order valence-electron chi connectivity index (χ1n) is 11.2. The minimum Gasteiger partial charge on any atom is -0.490 e. The van der Waals surface area contributed by atoms with Crippen LogP contribution in [0.15, 0.2) is 65.6 Å². The summed E-state index contributed by atoms with van der Waals surface area (Å²) < 4.78 is 11.9. The van der Waals surface area contributed by atoms with E-state index in [1.165, 1.54) is 16.7 Å². The first-order valence-corrected chi connectivity index (χ1v) is 13.2. The van der Waals surface area contributed by atoms with Crippen LogP contribution >= 0.6 is 47.2 Å². The number of rotatable bonds is 8. The number of carbonyl (C=O) groups is 2. The number of halogens is 2. The van der Waals surface area contributed by atoms with Crippen molar-refractivity contribution in [2.45, 2.75) is 13.8 Å². The number of thiocarbonyl (C=S) groups is 1. The van der Waals surface area contributed by atoms with Crippen molar-refractivity contribution in [2.75, 3.05) is 23.4 Å². The smallest absolute Gasteiger partial charge is 0.270 e. The Bertz CT molecular complexity index is 1390. The van der Waals surface area contributed by atoms with E-state index in [0.29, 0.717) is 43.1 Å². The van der Waals surface area contributed by atoms with Gasteiger partial charge in [0.05, 0.1) is 27.9 Å². The van der Waals surface area contributed by atoms with Gasteiger partial charge in [-0.3, -0.25) is 14.5 Å². The number of amides is 2. The summed E-state index contributed by atoms with van der Waals surface area (Å²) in [6.07, 6.45) is 1.76. The van der Waals surface area contributed by atoms with Crippen molar-refractivity contribution in [2.24, 2.45) is 0 Å². The van der Waals surface area contributed by atoms with Gasteiger partial charge in [-0.25, -0.2) is 0 Å². The van der Waals surface area contributed by atoms with E-state index in [2.05, 4.69) is 5.32 Å². The molecular weight excluding hydrogens is 551 g/mol. The van der Waals surface area contributed by atoms with Crippen LogP contribution in [0.3, 0.4) is 0 Å². The van der Waals surface area contributed by atoms with Crippen molar-refractivity contribution < 1.29 is 19.1 Å². The largest absolute Gasteiger partial charge is 0.490 e. The molecule has 3 aromatic carbocycles. The second-order valence-electron chi connectivity index (χ2n) is 7.95. The van der Waals surface area contributed by atoms with Gasteiger partial charge in [0.2, 0.25) is 0 Å². The summed E-state index contributed by atoms with van der Waals surface area (Å²) in [5.41, 5.74) is 3.00. The lowest BCUT2D eigenvalue weighted by Crippen LogP contribution is -2.27. The molecule has 1 aliphatic heterocycles. The highest BCUT2D eigenvalue weighted by atomic mass is 35.5. The summed E-state index contributed by atoms with van der Waals surface area (Å²) in [6.45, 7) is 3.97. The molecule has 2 amide bonds. The van der Waals surface area contributed by atoms with Gasteiger partial charge in [0.15, 0.2) is 22.4 Å². The van der Waals surface area contributed by atoms with Crippen molar-refractivity contribution in [3.8, 4) is 11.5 Å². The Labute approximate surface area is 234 Å². The highest BCUT2D eigenvalue weighted by Gasteiger charge is 2.33. The summed E-state index contributed by atoms with van der Waals surface area (Å²) in [5.74, 6) is 0.261. The van der Waals surface area contributed by atoms with Gasteiger partial charge in [-0.05, 0) is 68.0 Å². The number of hydrogen-bond donors (Lipinski definition) is 1. The number of benzene rings is 3. The molecule has 0 unspecified atom stereocenters. The van der Waals surface area contributed by atoms with Crippen LogP contribution in [0.25, 0.3) is 6.08 Å². The second kappa shape index (κ2) is 12.0. The number of carbonyl (C=O) groups excluding carboxylic acids is 2. The lowest BCUT2D eigenvalue weighted by molar-refractivity contribution is -0.118. The fourth-order valence-corrected chi connectivity index (χ4v) is 5.21. The van der Waals surface area contributed by atoms with E-state index in [9.17, 15) is 9.59 Å². The van der Waals surface area contributed by atoms with Crippen molar-refractivity contribution in [1.29, 1.82) is 0 Å². The Hall–Kier alpha value is -3.04. The minimum atomic E-state index is -0.393. The van der Waals surface area contributed by atoms with Gasteiger partial charge < -0.3 is 14.8 Å². The minimum absolute atomic E-state index is 0.185. The summed E-state index contributed by atoms with van der Waals surface area (Å²) in [7, 11) is 0. The Morgan fingerprint density at radius 3 is 2.51 bits per heavy atom. The molecule has 0 bridgehead atoms. The maximum absolute atomic E-state index is 13.1.